The van der Waals surface area contributed by atoms with Crippen molar-refractivity contribution in [2.75, 3.05) is 13.1 Å². The van der Waals surface area contributed by atoms with Crippen molar-refractivity contribution >= 4 is 11.8 Å². The lowest BCUT2D eigenvalue weighted by atomic mass is 9.81. The van der Waals surface area contributed by atoms with Crippen molar-refractivity contribution in [3.63, 3.8) is 0 Å². The number of hydrogen-bond acceptors (Lipinski definition) is 4. The molecule has 2 amide bonds. The van der Waals surface area contributed by atoms with Gasteiger partial charge in [0.25, 0.3) is 0 Å². The van der Waals surface area contributed by atoms with Gasteiger partial charge in [-0.05, 0) is 44.9 Å². The molecule has 6 N–H and O–H groups in total. The number of nitrogens with one attached hydrogen (secondary N) is 2. The molecule has 0 saturated heterocycles. The van der Waals surface area contributed by atoms with E-state index >= 15 is 0 Å². The van der Waals surface area contributed by atoms with Crippen LogP contribution in [0.2, 0.25) is 0 Å². The van der Waals surface area contributed by atoms with E-state index in [1.165, 1.54) is 0 Å². The average Bonchev–Trinajstić information content (AvgIpc) is 2.42. The van der Waals surface area contributed by atoms with Crippen molar-refractivity contribution in [1.29, 1.82) is 0 Å². The molecule has 0 radical (unpaired) electrons. The van der Waals surface area contributed by atoms with Gasteiger partial charge in [-0.25, -0.2) is 0 Å². The predicted molar refractivity (Wildman–Crippen MR) is 78.8 cm³/mol. The maximum atomic E-state index is 11.4. The number of rotatable bonds is 6. The van der Waals surface area contributed by atoms with Crippen LogP contribution in [0.25, 0.3) is 0 Å². The quantitative estimate of drug-likeness (QED) is 0.537. The Morgan fingerprint density at radius 2 is 1.40 bits per heavy atom. The first-order valence-corrected chi connectivity index (χ1v) is 7.46. The maximum Gasteiger partial charge on any atom is 0.236 e. The van der Waals surface area contributed by atoms with Gasteiger partial charge in [-0.3, -0.25) is 9.59 Å². The van der Waals surface area contributed by atoms with Crippen LogP contribution < -0.4 is 22.1 Å². The lowest BCUT2D eigenvalue weighted by Gasteiger charge is -2.29. The van der Waals surface area contributed by atoms with Gasteiger partial charge in [0.2, 0.25) is 11.8 Å². The van der Waals surface area contributed by atoms with Crippen LogP contribution in [0.4, 0.5) is 0 Å². The van der Waals surface area contributed by atoms with Gasteiger partial charge in [-0.15, -0.1) is 0 Å². The Bertz CT molecular complexity index is 301. The lowest BCUT2D eigenvalue weighted by Crippen LogP contribution is -2.43. The van der Waals surface area contributed by atoms with Crippen LogP contribution in [0.15, 0.2) is 0 Å². The SMILES string of the molecule is CC(N)C(=O)NCC1CCCC(CNC(=O)C(C)N)C1. The van der Waals surface area contributed by atoms with E-state index in [-0.39, 0.29) is 11.8 Å². The van der Waals surface area contributed by atoms with Gasteiger partial charge >= 0.3 is 0 Å². The molecule has 1 aliphatic rings. The second-order valence-corrected chi connectivity index (χ2v) is 5.97. The number of hydrogen-bond donors (Lipinski definition) is 4. The highest BCUT2D eigenvalue weighted by Gasteiger charge is 2.23. The van der Waals surface area contributed by atoms with E-state index in [1.807, 2.05) is 0 Å². The summed E-state index contributed by atoms with van der Waals surface area (Å²) in [5.41, 5.74) is 11.0. The molecular weight excluding hydrogens is 256 g/mol. The molecule has 0 aromatic carbocycles. The normalized spacial score (nSPS) is 25.6. The largest absolute Gasteiger partial charge is 0.354 e. The monoisotopic (exact) mass is 284 g/mol. The van der Waals surface area contributed by atoms with Gasteiger partial charge in [0.05, 0.1) is 12.1 Å². The first kappa shape index (κ1) is 16.9. The number of carbonyl (C=O) groups is 2. The fourth-order valence-corrected chi connectivity index (χ4v) is 2.58. The first-order chi connectivity index (χ1) is 9.40. The lowest BCUT2D eigenvalue weighted by molar-refractivity contribution is -0.122. The minimum atomic E-state index is -0.459. The van der Waals surface area contributed by atoms with Crippen molar-refractivity contribution in [1.82, 2.24) is 10.6 Å². The van der Waals surface area contributed by atoms with Gasteiger partial charge in [0, 0.05) is 13.1 Å². The zero-order chi connectivity index (χ0) is 15.1. The summed E-state index contributed by atoms with van der Waals surface area (Å²) in [5, 5.41) is 5.77. The molecule has 1 rings (SSSR count). The Labute approximate surface area is 121 Å². The molecule has 116 valence electrons. The van der Waals surface area contributed by atoms with E-state index in [1.54, 1.807) is 13.8 Å². The third-order valence-corrected chi connectivity index (χ3v) is 3.85. The molecule has 0 aliphatic heterocycles. The first-order valence-electron chi connectivity index (χ1n) is 7.46. The third kappa shape index (κ3) is 5.88. The maximum absolute atomic E-state index is 11.4. The van der Waals surface area contributed by atoms with Crippen LogP contribution in [0.1, 0.15) is 39.5 Å². The van der Waals surface area contributed by atoms with Crippen molar-refractivity contribution in [3.05, 3.63) is 0 Å². The topological polar surface area (TPSA) is 110 Å². The van der Waals surface area contributed by atoms with Crippen LogP contribution in [0.3, 0.4) is 0 Å². The highest BCUT2D eigenvalue weighted by molar-refractivity contribution is 5.81. The minimum absolute atomic E-state index is 0.0996. The molecule has 1 aliphatic carbocycles. The van der Waals surface area contributed by atoms with Gasteiger partial charge in [-0.1, -0.05) is 6.42 Å². The van der Waals surface area contributed by atoms with E-state index in [0.717, 1.165) is 25.7 Å². The van der Waals surface area contributed by atoms with Crippen LogP contribution in [-0.2, 0) is 9.59 Å². The predicted octanol–water partition coefficient (Wildman–Crippen LogP) is -0.280. The van der Waals surface area contributed by atoms with Crippen LogP contribution >= 0.6 is 0 Å². The number of carbonyl (C=O) groups excluding carboxylic acids is 2. The fraction of sp³-hybridized carbons (Fsp3) is 0.857. The molecule has 4 unspecified atom stereocenters. The summed E-state index contributed by atoms with van der Waals surface area (Å²) >= 11 is 0. The highest BCUT2D eigenvalue weighted by atomic mass is 16.2. The Hall–Kier alpha value is -1.14. The summed E-state index contributed by atoms with van der Waals surface area (Å²) in [4.78, 5) is 22.9. The summed E-state index contributed by atoms with van der Waals surface area (Å²) in [6.07, 6.45) is 4.41. The molecule has 20 heavy (non-hydrogen) atoms. The van der Waals surface area contributed by atoms with Gasteiger partial charge in [0.15, 0.2) is 0 Å². The Morgan fingerprint density at radius 3 is 1.75 bits per heavy atom. The van der Waals surface area contributed by atoms with Crippen LogP contribution in [-0.4, -0.2) is 37.0 Å². The Balaban J connectivity index is 2.28. The number of amides is 2. The molecule has 0 bridgehead atoms. The van der Waals surface area contributed by atoms with E-state index in [9.17, 15) is 9.59 Å². The van der Waals surface area contributed by atoms with Crippen molar-refractivity contribution in [2.45, 2.75) is 51.6 Å². The fourth-order valence-electron chi connectivity index (χ4n) is 2.58. The van der Waals surface area contributed by atoms with E-state index in [4.69, 9.17) is 11.5 Å². The van der Waals surface area contributed by atoms with Gasteiger partial charge in [0.1, 0.15) is 0 Å². The number of nitrogens with two attached hydrogens (primary N) is 2. The Morgan fingerprint density at radius 1 is 1.00 bits per heavy atom. The molecular formula is C14H28N4O2. The van der Waals surface area contributed by atoms with E-state index in [2.05, 4.69) is 10.6 Å². The van der Waals surface area contributed by atoms with Crippen molar-refractivity contribution < 1.29 is 9.59 Å². The standard InChI is InChI=1S/C14H28N4O2/c1-9(15)13(19)17-7-11-4-3-5-12(6-11)8-18-14(20)10(2)16/h9-12H,3-8,15-16H2,1-2H3,(H,17,19)(H,18,20). The van der Waals surface area contributed by atoms with Crippen LogP contribution in [0.5, 0.6) is 0 Å². The summed E-state index contributed by atoms with van der Waals surface area (Å²) < 4.78 is 0. The smallest absolute Gasteiger partial charge is 0.236 e. The molecule has 0 aromatic heterocycles. The van der Waals surface area contributed by atoms with E-state index in [0.29, 0.717) is 24.9 Å². The second-order valence-electron chi connectivity index (χ2n) is 5.97. The molecule has 0 aromatic rings. The van der Waals surface area contributed by atoms with Crippen molar-refractivity contribution in [3.8, 4) is 0 Å². The summed E-state index contributed by atoms with van der Waals surface area (Å²) in [6, 6.07) is -0.917. The molecule has 6 nitrogen and oxygen atoms in total. The third-order valence-electron chi connectivity index (χ3n) is 3.85. The van der Waals surface area contributed by atoms with E-state index < -0.39 is 12.1 Å². The minimum Gasteiger partial charge on any atom is -0.354 e. The molecule has 6 heteroatoms. The van der Waals surface area contributed by atoms with Gasteiger partial charge in [-0.2, -0.15) is 0 Å². The van der Waals surface area contributed by atoms with Gasteiger partial charge < -0.3 is 22.1 Å². The zero-order valence-electron chi connectivity index (χ0n) is 12.5. The highest BCUT2D eigenvalue weighted by Crippen LogP contribution is 2.28. The average molecular weight is 284 g/mol. The summed E-state index contributed by atoms with van der Waals surface area (Å²) in [7, 11) is 0. The molecule has 1 saturated carbocycles. The second kappa shape index (κ2) is 8.21. The molecule has 4 atom stereocenters. The van der Waals surface area contributed by atoms with Crippen molar-refractivity contribution in [2.24, 2.45) is 23.3 Å². The summed E-state index contributed by atoms with van der Waals surface area (Å²) in [6.45, 7) is 4.72. The molecule has 1 fully saturated rings. The van der Waals surface area contributed by atoms with Crippen LogP contribution in [0, 0.1) is 11.8 Å². The molecule has 0 spiro atoms. The summed E-state index contributed by atoms with van der Waals surface area (Å²) in [5.74, 6) is 0.752. The zero-order valence-corrected chi connectivity index (χ0v) is 12.5. The molecule has 0 heterocycles. The Kier molecular flexibility index (Phi) is 6.95.